The molecule has 1 heterocycles. The molecule has 0 spiro atoms. The first-order valence-corrected chi connectivity index (χ1v) is 13.5. The summed E-state index contributed by atoms with van der Waals surface area (Å²) in [5.74, 6) is 0.301. The molecule has 0 aromatic heterocycles. The fraction of sp³-hybridized carbons (Fsp3) is 0.462. The van der Waals surface area contributed by atoms with Crippen molar-refractivity contribution < 1.29 is 13.2 Å². The Morgan fingerprint density at radius 2 is 1.82 bits per heavy atom. The van der Waals surface area contributed by atoms with Gasteiger partial charge in [-0.05, 0) is 74.0 Å². The van der Waals surface area contributed by atoms with Crippen LogP contribution in [0.15, 0.2) is 42.5 Å². The topological polar surface area (TPSA) is 102 Å². The maximum absolute atomic E-state index is 13.1. The number of rotatable bonds is 9. The second-order valence-corrected chi connectivity index (χ2v) is 11.1. The van der Waals surface area contributed by atoms with E-state index in [4.69, 9.17) is 5.26 Å². The number of nitrogens with zero attached hydrogens (tertiary/aromatic N) is 2. The van der Waals surface area contributed by atoms with Gasteiger partial charge in [0.2, 0.25) is 10.0 Å². The number of aryl methyl sites for hydroxylation is 1. The Balaban J connectivity index is 1.60. The van der Waals surface area contributed by atoms with Crippen LogP contribution >= 0.6 is 0 Å². The molecule has 7 nitrogen and oxygen atoms in total. The van der Waals surface area contributed by atoms with Crippen molar-refractivity contribution >= 4 is 21.6 Å². The lowest BCUT2D eigenvalue weighted by atomic mass is 9.89. The Hall–Kier alpha value is -2.89. The number of likely N-dealkylation sites (tertiary alicyclic amines) is 1. The fourth-order valence-electron chi connectivity index (χ4n) is 4.16. The van der Waals surface area contributed by atoms with Crippen LogP contribution in [0.4, 0.5) is 5.69 Å². The summed E-state index contributed by atoms with van der Waals surface area (Å²) in [4.78, 5) is 15.0. The van der Waals surface area contributed by atoms with Crippen molar-refractivity contribution in [3.63, 3.8) is 0 Å². The molecule has 34 heavy (non-hydrogen) atoms. The predicted octanol–water partition coefficient (Wildman–Crippen LogP) is 4.02. The highest BCUT2D eigenvalue weighted by molar-refractivity contribution is 7.92. The zero-order valence-corrected chi connectivity index (χ0v) is 21.0. The van der Waals surface area contributed by atoms with E-state index in [0.29, 0.717) is 54.8 Å². The van der Waals surface area contributed by atoms with Gasteiger partial charge in [0.25, 0.3) is 5.91 Å². The smallest absolute Gasteiger partial charge is 0.253 e. The Bertz CT molecular complexity index is 1130. The van der Waals surface area contributed by atoms with Crippen LogP contribution in [0.1, 0.15) is 66.1 Å². The molecule has 2 N–H and O–H groups in total. The van der Waals surface area contributed by atoms with Crippen LogP contribution in [0.5, 0.6) is 0 Å². The number of nitrogens with one attached hydrogen (secondary N) is 2. The first-order valence-electron chi connectivity index (χ1n) is 11.8. The summed E-state index contributed by atoms with van der Waals surface area (Å²) < 4.78 is 27.7. The number of hydrogen-bond acceptors (Lipinski definition) is 5. The number of nitriles is 1. The zero-order valence-electron chi connectivity index (χ0n) is 20.2. The van der Waals surface area contributed by atoms with Crippen LogP contribution in [0, 0.1) is 18.3 Å². The molecule has 1 amide bonds. The highest BCUT2D eigenvalue weighted by Crippen LogP contribution is 2.29. The quantitative estimate of drug-likeness (QED) is 0.526. The molecule has 0 unspecified atom stereocenters. The van der Waals surface area contributed by atoms with Gasteiger partial charge in [0.15, 0.2) is 0 Å². The van der Waals surface area contributed by atoms with Gasteiger partial charge in [-0.1, -0.05) is 32.0 Å². The van der Waals surface area contributed by atoms with Gasteiger partial charge in [0.05, 0.1) is 23.1 Å². The SMILES string of the molecule is Cc1ccc(C(=O)N2CCC(c3ccc(C#N)cc3)CC2)cc1NS(=O)(=O)CCCNC(C)C. The summed E-state index contributed by atoms with van der Waals surface area (Å²) >= 11 is 0. The Morgan fingerprint density at radius 3 is 2.44 bits per heavy atom. The second-order valence-electron chi connectivity index (χ2n) is 9.21. The minimum absolute atomic E-state index is 0.0210. The van der Waals surface area contributed by atoms with Gasteiger partial charge in [-0.15, -0.1) is 0 Å². The molecule has 1 saturated heterocycles. The number of sulfonamides is 1. The van der Waals surface area contributed by atoms with Crippen LogP contribution < -0.4 is 10.0 Å². The lowest BCUT2D eigenvalue weighted by molar-refractivity contribution is 0.0713. The van der Waals surface area contributed by atoms with E-state index >= 15 is 0 Å². The van der Waals surface area contributed by atoms with Crippen molar-refractivity contribution in [2.75, 3.05) is 30.1 Å². The van der Waals surface area contributed by atoms with Crippen molar-refractivity contribution in [3.8, 4) is 6.07 Å². The molecule has 1 fully saturated rings. The van der Waals surface area contributed by atoms with Gasteiger partial charge in [-0.2, -0.15) is 5.26 Å². The monoisotopic (exact) mass is 482 g/mol. The first-order chi connectivity index (χ1) is 16.2. The number of benzene rings is 2. The van der Waals surface area contributed by atoms with Gasteiger partial charge >= 0.3 is 0 Å². The molecule has 0 aliphatic carbocycles. The molecular weight excluding hydrogens is 448 g/mol. The normalized spacial score (nSPS) is 14.7. The van der Waals surface area contributed by atoms with Gasteiger partial charge in [-0.25, -0.2) is 8.42 Å². The van der Waals surface area contributed by atoms with Crippen molar-refractivity contribution in [3.05, 3.63) is 64.7 Å². The largest absolute Gasteiger partial charge is 0.339 e. The third-order valence-corrected chi connectivity index (χ3v) is 7.54. The number of amides is 1. The van der Waals surface area contributed by atoms with Gasteiger partial charge in [0, 0.05) is 24.7 Å². The van der Waals surface area contributed by atoms with E-state index in [1.807, 2.05) is 49.9 Å². The Morgan fingerprint density at radius 1 is 1.15 bits per heavy atom. The van der Waals surface area contributed by atoms with Gasteiger partial charge in [0.1, 0.15) is 0 Å². The first kappa shape index (κ1) is 25.7. The molecule has 182 valence electrons. The van der Waals surface area contributed by atoms with Crippen LogP contribution in [-0.2, 0) is 10.0 Å². The summed E-state index contributed by atoms with van der Waals surface area (Å²) in [6.07, 6.45) is 2.22. The molecule has 0 bridgehead atoms. The average Bonchev–Trinajstić information content (AvgIpc) is 2.83. The van der Waals surface area contributed by atoms with Crippen molar-refractivity contribution in [2.45, 2.75) is 52.0 Å². The molecule has 2 aromatic rings. The minimum Gasteiger partial charge on any atom is -0.339 e. The lowest BCUT2D eigenvalue weighted by Crippen LogP contribution is -2.38. The zero-order chi connectivity index (χ0) is 24.7. The van der Waals surface area contributed by atoms with E-state index in [1.54, 1.807) is 18.2 Å². The van der Waals surface area contributed by atoms with Crippen LogP contribution in [0.25, 0.3) is 0 Å². The Labute approximate surface area is 203 Å². The highest BCUT2D eigenvalue weighted by Gasteiger charge is 2.25. The molecule has 1 aliphatic rings. The van der Waals surface area contributed by atoms with E-state index in [2.05, 4.69) is 16.1 Å². The van der Waals surface area contributed by atoms with Crippen molar-refractivity contribution in [1.29, 1.82) is 5.26 Å². The van der Waals surface area contributed by atoms with Crippen LogP contribution in [-0.4, -0.2) is 50.7 Å². The van der Waals surface area contributed by atoms with Crippen LogP contribution in [0.2, 0.25) is 0 Å². The fourth-order valence-corrected chi connectivity index (χ4v) is 5.35. The minimum atomic E-state index is -3.50. The number of anilines is 1. The van der Waals surface area contributed by atoms with E-state index in [0.717, 1.165) is 18.4 Å². The predicted molar refractivity (Wildman–Crippen MR) is 135 cm³/mol. The molecule has 2 aromatic carbocycles. The molecule has 0 radical (unpaired) electrons. The standard InChI is InChI=1S/C26H34N4O3S/c1-19(2)28-13-4-16-34(32,33)29-25-17-24(8-5-20(25)3)26(31)30-14-11-23(12-15-30)22-9-6-21(18-27)7-10-22/h5-10,17,19,23,28-29H,4,11-16H2,1-3H3. The summed E-state index contributed by atoms with van der Waals surface area (Å²) in [6, 6.07) is 15.3. The number of hydrogen-bond donors (Lipinski definition) is 2. The summed E-state index contributed by atoms with van der Waals surface area (Å²) in [7, 11) is -3.50. The van der Waals surface area contributed by atoms with Gasteiger partial charge in [-0.3, -0.25) is 9.52 Å². The summed E-state index contributed by atoms with van der Waals surface area (Å²) in [6.45, 7) is 7.79. The Kier molecular flexibility index (Phi) is 8.70. The van der Waals surface area contributed by atoms with E-state index in [1.165, 1.54) is 5.56 Å². The van der Waals surface area contributed by atoms with Crippen LogP contribution in [0.3, 0.4) is 0 Å². The number of carbonyl (C=O) groups is 1. The maximum atomic E-state index is 13.1. The molecule has 1 aliphatic heterocycles. The number of piperidine rings is 1. The molecule has 3 rings (SSSR count). The third-order valence-electron chi connectivity index (χ3n) is 6.19. The average molecular weight is 483 g/mol. The molecular formula is C26H34N4O3S. The maximum Gasteiger partial charge on any atom is 0.253 e. The second kappa shape index (κ2) is 11.5. The van der Waals surface area contributed by atoms with E-state index in [9.17, 15) is 13.2 Å². The summed E-state index contributed by atoms with van der Waals surface area (Å²) in [5.41, 5.74) is 3.56. The van der Waals surface area contributed by atoms with Gasteiger partial charge < -0.3 is 10.2 Å². The number of carbonyl (C=O) groups excluding carboxylic acids is 1. The molecule has 0 saturated carbocycles. The van der Waals surface area contributed by atoms with E-state index in [-0.39, 0.29) is 11.7 Å². The lowest BCUT2D eigenvalue weighted by Gasteiger charge is -2.32. The third kappa shape index (κ3) is 7.05. The van der Waals surface area contributed by atoms with E-state index < -0.39 is 10.0 Å². The molecule has 0 atom stereocenters. The summed E-state index contributed by atoms with van der Waals surface area (Å²) in [5, 5.41) is 12.2. The molecule has 8 heteroatoms. The van der Waals surface area contributed by atoms with Crippen molar-refractivity contribution in [1.82, 2.24) is 10.2 Å². The highest BCUT2D eigenvalue weighted by atomic mass is 32.2. The van der Waals surface area contributed by atoms with Crippen molar-refractivity contribution in [2.24, 2.45) is 0 Å².